The molecule has 0 unspecified atom stereocenters. The molecule has 1 aliphatic rings. The summed E-state index contributed by atoms with van der Waals surface area (Å²) in [7, 11) is 0. The molecular weight excluding hydrogens is 242 g/mol. The number of nitrogens with one attached hydrogen (secondary N) is 1. The summed E-state index contributed by atoms with van der Waals surface area (Å²) in [6.07, 6.45) is 4.88. The highest BCUT2D eigenvalue weighted by atomic mass is 14.9. The first-order valence-electron chi connectivity index (χ1n) is 7.76. The molecule has 0 atom stereocenters. The lowest BCUT2D eigenvalue weighted by molar-refractivity contribution is 0.374. The Bertz CT molecular complexity index is 541. The van der Waals surface area contributed by atoms with Crippen LogP contribution in [0.1, 0.15) is 43.2 Å². The van der Waals surface area contributed by atoms with Gasteiger partial charge in [0.05, 0.1) is 0 Å². The van der Waals surface area contributed by atoms with Gasteiger partial charge in [0.25, 0.3) is 0 Å². The van der Waals surface area contributed by atoms with E-state index < -0.39 is 0 Å². The van der Waals surface area contributed by atoms with Gasteiger partial charge < -0.3 is 5.32 Å². The van der Waals surface area contributed by atoms with E-state index >= 15 is 0 Å². The van der Waals surface area contributed by atoms with Crippen molar-refractivity contribution in [2.45, 2.75) is 44.6 Å². The second-order valence-corrected chi connectivity index (χ2v) is 5.83. The third kappa shape index (κ3) is 2.87. The lowest BCUT2D eigenvalue weighted by Gasteiger charge is -2.37. The topological polar surface area (TPSA) is 12.0 Å². The maximum Gasteiger partial charge on any atom is 0.0374 e. The molecule has 0 bridgehead atoms. The van der Waals surface area contributed by atoms with E-state index in [9.17, 15) is 0 Å². The quantitative estimate of drug-likeness (QED) is 0.802. The molecule has 0 aliphatic heterocycles. The van der Waals surface area contributed by atoms with Gasteiger partial charge >= 0.3 is 0 Å². The molecule has 0 radical (unpaired) electrons. The monoisotopic (exact) mass is 265 g/mol. The van der Waals surface area contributed by atoms with Crippen molar-refractivity contribution in [3.8, 4) is 0 Å². The van der Waals surface area contributed by atoms with Crippen molar-refractivity contribution in [1.29, 1.82) is 0 Å². The van der Waals surface area contributed by atoms with Crippen LogP contribution >= 0.6 is 0 Å². The van der Waals surface area contributed by atoms with Crippen LogP contribution in [0.2, 0.25) is 0 Å². The Kier molecular flexibility index (Phi) is 4.05. The summed E-state index contributed by atoms with van der Waals surface area (Å²) in [4.78, 5) is 0. The fraction of sp³-hybridized carbons (Fsp3) is 0.368. The summed E-state index contributed by atoms with van der Waals surface area (Å²) in [6.45, 7) is 2.24. The van der Waals surface area contributed by atoms with Crippen LogP contribution in [0.4, 0.5) is 5.69 Å². The SMILES string of the molecule is CCCc1ccccc1NC1CC(c2ccccc2)C1. The Morgan fingerprint density at radius 1 is 0.950 bits per heavy atom. The minimum Gasteiger partial charge on any atom is -0.382 e. The molecular formula is C19H23N. The minimum absolute atomic E-state index is 0.637. The zero-order chi connectivity index (χ0) is 13.8. The highest BCUT2D eigenvalue weighted by molar-refractivity contribution is 5.52. The van der Waals surface area contributed by atoms with Gasteiger partial charge in [0.1, 0.15) is 0 Å². The van der Waals surface area contributed by atoms with Crippen LogP contribution in [0.15, 0.2) is 54.6 Å². The molecule has 3 rings (SSSR count). The van der Waals surface area contributed by atoms with Crippen molar-refractivity contribution in [2.75, 3.05) is 5.32 Å². The second-order valence-electron chi connectivity index (χ2n) is 5.83. The highest BCUT2D eigenvalue weighted by Gasteiger charge is 2.30. The predicted octanol–water partition coefficient (Wildman–Crippen LogP) is 5.00. The van der Waals surface area contributed by atoms with Gasteiger partial charge in [0.15, 0.2) is 0 Å². The highest BCUT2D eigenvalue weighted by Crippen LogP contribution is 2.38. The van der Waals surface area contributed by atoms with Crippen molar-refractivity contribution in [3.05, 3.63) is 65.7 Å². The lowest BCUT2D eigenvalue weighted by Crippen LogP contribution is -2.34. The van der Waals surface area contributed by atoms with Crippen molar-refractivity contribution < 1.29 is 0 Å². The number of hydrogen-bond donors (Lipinski definition) is 1. The van der Waals surface area contributed by atoms with E-state index in [4.69, 9.17) is 0 Å². The summed E-state index contributed by atoms with van der Waals surface area (Å²) in [6, 6.07) is 20.3. The van der Waals surface area contributed by atoms with Crippen LogP contribution in [-0.4, -0.2) is 6.04 Å². The molecule has 0 aromatic heterocycles. The van der Waals surface area contributed by atoms with Gasteiger partial charge in [0.2, 0.25) is 0 Å². The van der Waals surface area contributed by atoms with E-state index in [0.29, 0.717) is 6.04 Å². The number of hydrogen-bond acceptors (Lipinski definition) is 1. The predicted molar refractivity (Wildman–Crippen MR) is 86.3 cm³/mol. The van der Waals surface area contributed by atoms with Crippen LogP contribution in [0.25, 0.3) is 0 Å². The molecule has 2 aromatic carbocycles. The molecule has 1 saturated carbocycles. The van der Waals surface area contributed by atoms with Crippen molar-refractivity contribution >= 4 is 5.69 Å². The molecule has 0 saturated heterocycles. The van der Waals surface area contributed by atoms with Crippen molar-refractivity contribution in [3.63, 3.8) is 0 Å². The third-order valence-corrected chi connectivity index (χ3v) is 4.31. The number of para-hydroxylation sites is 1. The molecule has 0 amide bonds. The maximum absolute atomic E-state index is 3.73. The Labute approximate surface area is 122 Å². The summed E-state index contributed by atoms with van der Waals surface area (Å²) in [5.41, 5.74) is 4.29. The summed E-state index contributed by atoms with van der Waals surface area (Å²) < 4.78 is 0. The molecule has 1 fully saturated rings. The van der Waals surface area contributed by atoms with E-state index in [0.717, 1.165) is 12.3 Å². The maximum atomic E-state index is 3.73. The van der Waals surface area contributed by atoms with Gasteiger partial charge in [-0.15, -0.1) is 0 Å². The number of benzene rings is 2. The Hall–Kier alpha value is -1.76. The average molecular weight is 265 g/mol. The zero-order valence-electron chi connectivity index (χ0n) is 12.2. The van der Waals surface area contributed by atoms with Crippen LogP contribution < -0.4 is 5.32 Å². The van der Waals surface area contributed by atoms with E-state index in [2.05, 4.69) is 66.8 Å². The summed E-state index contributed by atoms with van der Waals surface area (Å²) in [5, 5.41) is 3.73. The molecule has 1 nitrogen and oxygen atoms in total. The smallest absolute Gasteiger partial charge is 0.0374 e. The first-order valence-corrected chi connectivity index (χ1v) is 7.76. The molecule has 0 heterocycles. The number of anilines is 1. The molecule has 104 valence electrons. The number of aryl methyl sites for hydroxylation is 1. The normalized spacial score (nSPS) is 21.2. The molecule has 20 heavy (non-hydrogen) atoms. The van der Waals surface area contributed by atoms with Gasteiger partial charge in [-0.1, -0.05) is 61.9 Å². The minimum atomic E-state index is 0.637. The second kappa shape index (κ2) is 6.13. The average Bonchev–Trinajstić information content (AvgIpc) is 2.45. The van der Waals surface area contributed by atoms with Gasteiger partial charge in [-0.2, -0.15) is 0 Å². The van der Waals surface area contributed by atoms with Gasteiger partial charge in [-0.25, -0.2) is 0 Å². The van der Waals surface area contributed by atoms with Crippen LogP contribution in [-0.2, 0) is 6.42 Å². The fourth-order valence-electron chi connectivity index (χ4n) is 3.10. The summed E-state index contributed by atoms with van der Waals surface area (Å²) in [5.74, 6) is 0.743. The fourth-order valence-corrected chi connectivity index (χ4v) is 3.10. The Balaban J connectivity index is 1.59. The lowest BCUT2D eigenvalue weighted by atomic mass is 9.76. The molecule has 1 heteroatoms. The van der Waals surface area contributed by atoms with E-state index in [1.54, 1.807) is 0 Å². The third-order valence-electron chi connectivity index (χ3n) is 4.31. The Morgan fingerprint density at radius 3 is 2.40 bits per heavy atom. The Morgan fingerprint density at radius 2 is 1.65 bits per heavy atom. The summed E-state index contributed by atoms with van der Waals surface area (Å²) >= 11 is 0. The van der Waals surface area contributed by atoms with E-state index in [-0.39, 0.29) is 0 Å². The van der Waals surface area contributed by atoms with Crippen LogP contribution in [0.3, 0.4) is 0 Å². The van der Waals surface area contributed by atoms with E-state index in [1.807, 2.05) is 0 Å². The standard InChI is InChI=1S/C19H23N/c1-2-8-16-11-6-7-12-19(16)20-18-13-17(14-18)15-9-4-3-5-10-15/h3-7,9-12,17-18,20H,2,8,13-14H2,1H3. The van der Waals surface area contributed by atoms with E-state index in [1.165, 1.54) is 36.1 Å². The zero-order valence-corrected chi connectivity index (χ0v) is 12.2. The number of rotatable bonds is 5. The van der Waals surface area contributed by atoms with Gasteiger partial charge in [-0.3, -0.25) is 0 Å². The molecule has 1 aliphatic carbocycles. The van der Waals surface area contributed by atoms with Crippen LogP contribution in [0.5, 0.6) is 0 Å². The van der Waals surface area contributed by atoms with Crippen molar-refractivity contribution in [1.82, 2.24) is 0 Å². The van der Waals surface area contributed by atoms with Crippen molar-refractivity contribution in [2.24, 2.45) is 0 Å². The molecule has 2 aromatic rings. The molecule has 1 N–H and O–H groups in total. The molecule has 0 spiro atoms. The largest absolute Gasteiger partial charge is 0.382 e. The van der Waals surface area contributed by atoms with Gasteiger partial charge in [0, 0.05) is 11.7 Å². The van der Waals surface area contributed by atoms with Crippen LogP contribution in [0, 0.1) is 0 Å². The first kappa shape index (κ1) is 13.2. The van der Waals surface area contributed by atoms with Gasteiger partial charge in [-0.05, 0) is 42.4 Å². The first-order chi connectivity index (χ1) is 9.86.